The molecule has 3 rings (SSSR count). The van der Waals surface area contributed by atoms with Gasteiger partial charge in [0.05, 0.1) is 0 Å². The lowest BCUT2D eigenvalue weighted by molar-refractivity contribution is -0.131. The van der Waals surface area contributed by atoms with E-state index in [1.807, 2.05) is 6.07 Å². The van der Waals surface area contributed by atoms with E-state index in [4.69, 9.17) is 5.21 Å². The van der Waals surface area contributed by atoms with Crippen LogP contribution in [0.3, 0.4) is 0 Å². The van der Waals surface area contributed by atoms with Crippen LogP contribution in [0.4, 0.5) is 4.39 Å². The van der Waals surface area contributed by atoms with Crippen molar-refractivity contribution in [2.75, 3.05) is 6.26 Å². The van der Waals surface area contributed by atoms with Gasteiger partial charge in [0.15, 0.2) is 9.84 Å². The summed E-state index contributed by atoms with van der Waals surface area (Å²) in [6, 6.07) is 9.85. The Kier molecular flexibility index (Phi) is 5.46. The molecule has 2 aromatic rings. The molecule has 0 fully saturated rings. The van der Waals surface area contributed by atoms with Crippen molar-refractivity contribution in [3.8, 4) is 11.1 Å². The second-order valence-corrected chi connectivity index (χ2v) is 9.75. The largest absolute Gasteiger partial charge is 0.348 e. The summed E-state index contributed by atoms with van der Waals surface area (Å²) < 4.78 is 36.8. The fourth-order valence-corrected chi connectivity index (χ4v) is 4.14. The summed E-state index contributed by atoms with van der Waals surface area (Å²) in [6.45, 7) is 1.66. The van der Waals surface area contributed by atoms with Gasteiger partial charge < -0.3 is 5.32 Å². The van der Waals surface area contributed by atoms with Crippen LogP contribution in [-0.2, 0) is 27.6 Å². The lowest BCUT2D eigenvalue weighted by Crippen LogP contribution is -2.49. The molecule has 0 saturated carbocycles. The molecular weight excluding hydrogens is 399 g/mol. The molecule has 7 nitrogen and oxygen atoms in total. The van der Waals surface area contributed by atoms with Crippen LogP contribution in [0.5, 0.6) is 0 Å². The van der Waals surface area contributed by atoms with Gasteiger partial charge in [-0.05, 0) is 54.2 Å². The molecule has 9 heteroatoms. The average Bonchev–Trinajstić information content (AvgIpc) is 3.05. The lowest BCUT2D eigenvalue weighted by atomic mass is 9.96. The van der Waals surface area contributed by atoms with Crippen LogP contribution in [-0.4, -0.2) is 36.4 Å². The molecule has 1 heterocycles. The molecule has 29 heavy (non-hydrogen) atoms. The van der Waals surface area contributed by atoms with Crippen LogP contribution in [0.15, 0.2) is 36.4 Å². The minimum Gasteiger partial charge on any atom is -0.348 e. The summed E-state index contributed by atoms with van der Waals surface area (Å²) in [6.07, 6.45) is 0.675. The maximum absolute atomic E-state index is 14.7. The summed E-state index contributed by atoms with van der Waals surface area (Å²) in [5, 5.41) is 11.6. The highest BCUT2D eigenvalue weighted by Gasteiger charge is 2.43. The van der Waals surface area contributed by atoms with Crippen molar-refractivity contribution in [1.82, 2.24) is 10.8 Å². The molecule has 0 bridgehead atoms. The van der Waals surface area contributed by atoms with Crippen molar-refractivity contribution in [2.45, 2.75) is 31.1 Å². The molecule has 0 aliphatic carbocycles. The molecule has 2 aromatic carbocycles. The second-order valence-electron chi connectivity index (χ2n) is 7.30. The first kappa shape index (κ1) is 20.9. The standard InChI is InChI=1S/C20H21FN2O5S/c1-20(19(25)23-26,29(2,27)28)8-7-12-3-4-14(10-17(12)21)13-5-6-15-11-22-18(24)16(15)9-13/h3-6,9-10,26H,7-8,11H2,1-2H3,(H,22,24)(H,23,25). The third-order valence-electron chi connectivity index (χ3n) is 5.45. The first-order valence-corrected chi connectivity index (χ1v) is 10.8. The van der Waals surface area contributed by atoms with E-state index in [0.29, 0.717) is 23.2 Å². The summed E-state index contributed by atoms with van der Waals surface area (Å²) >= 11 is 0. The topological polar surface area (TPSA) is 113 Å². The maximum Gasteiger partial charge on any atom is 0.264 e. The van der Waals surface area contributed by atoms with Gasteiger partial charge in [-0.1, -0.05) is 24.3 Å². The molecule has 1 aliphatic rings. The molecule has 1 atom stereocenters. The van der Waals surface area contributed by atoms with E-state index in [-0.39, 0.29) is 24.3 Å². The van der Waals surface area contributed by atoms with Crippen LogP contribution in [0.1, 0.15) is 34.8 Å². The monoisotopic (exact) mass is 420 g/mol. The van der Waals surface area contributed by atoms with E-state index < -0.39 is 26.3 Å². The van der Waals surface area contributed by atoms with Gasteiger partial charge in [-0.25, -0.2) is 18.3 Å². The van der Waals surface area contributed by atoms with Gasteiger partial charge in [0.2, 0.25) is 0 Å². The molecule has 3 N–H and O–H groups in total. The van der Waals surface area contributed by atoms with Crippen molar-refractivity contribution in [2.24, 2.45) is 0 Å². The number of carbonyl (C=O) groups excluding carboxylic acids is 2. The fourth-order valence-electron chi connectivity index (χ4n) is 3.28. The van der Waals surface area contributed by atoms with Gasteiger partial charge in [0, 0.05) is 18.4 Å². The van der Waals surface area contributed by atoms with Crippen LogP contribution >= 0.6 is 0 Å². The highest BCUT2D eigenvalue weighted by Crippen LogP contribution is 2.29. The zero-order chi connectivity index (χ0) is 21.4. The summed E-state index contributed by atoms with van der Waals surface area (Å²) in [4.78, 5) is 23.7. The average molecular weight is 420 g/mol. The Bertz CT molecular complexity index is 1100. The number of hydroxylamine groups is 1. The molecule has 0 saturated heterocycles. The summed E-state index contributed by atoms with van der Waals surface area (Å²) in [5.74, 6) is -1.78. The van der Waals surface area contributed by atoms with Gasteiger partial charge in [-0.2, -0.15) is 0 Å². The van der Waals surface area contributed by atoms with Crippen molar-refractivity contribution in [1.29, 1.82) is 0 Å². The van der Waals surface area contributed by atoms with E-state index in [1.165, 1.54) is 24.5 Å². The molecule has 1 unspecified atom stereocenters. The van der Waals surface area contributed by atoms with Crippen molar-refractivity contribution < 1.29 is 27.6 Å². The number of sulfone groups is 1. The maximum atomic E-state index is 14.7. The Hall–Kier alpha value is -2.78. The highest BCUT2D eigenvalue weighted by molar-refractivity contribution is 7.92. The Morgan fingerprint density at radius 2 is 1.90 bits per heavy atom. The minimum absolute atomic E-state index is 0.0182. The predicted octanol–water partition coefficient (Wildman–Crippen LogP) is 1.98. The zero-order valence-corrected chi connectivity index (χ0v) is 16.8. The minimum atomic E-state index is -3.85. The van der Waals surface area contributed by atoms with E-state index in [9.17, 15) is 22.4 Å². The molecule has 154 valence electrons. The lowest BCUT2D eigenvalue weighted by Gasteiger charge is -2.25. The number of nitrogens with one attached hydrogen (secondary N) is 2. The zero-order valence-electron chi connectivity index (χ0n) is 16.0. The Morgan fingerprint density at radius 3 is 2.52 bits per heavy atom. The number of fused-ring (bicyclic) bond motifs is 1. The van der Waals surface area contributed by atoms with E-state index >= 15 is 0 Å². The number of amides is 2. The van der Waals surface area contributed by atoms with Crippen LogP contribution in [0, 0.1) is 5.82 Å². The van der Waals surface area contributed by atoms with Gasteiger partial charge in [-0.3, -0.25) is 14.8 Å². The second kappa shape index (κ2) is 7.57. The van der Waals surface area contributed by atoms with Gasteiger partial charge in [0.25, 0.3) is 11.8 Å². The first-order valence-electron chi connectivity index (χ1n) is 8.91. The third kappa shape index (κ3) is 3.88. The summed E-state index contributed by atoms with van der Waals surface area (Å²) in [5.41, 5.74) is 4.33. The van der Waals surface area contributed by atoms with E-state index in [2.05, 4.69) is 5.32 Å². The van der Waals surface area contributed by atoms with Crippen LogP contribution in [0.2, 0.25) is 0 Å². The van der Waals surface area contributed by atoms with Gasteiger partial charge >= 0.3 is 0 Å². The molecule has 0 radical (unpaired) electrons. The van der Waals surface area contributed by atoms with Gasteiger partial charge in [-0.15, -0.1) is 0 Å². The SMILES string of the molecule is CC(CCc1ccc(-c2ccc3c(c2)C(=O)NC3)cc1F)(C(=O)NO)S(C)(=O)=O. The van der Waals surface area contributed by atoms with Gasteiger partial charge in [0.1, 0.15) is 10.6 Å². The Morgan fingerprint density at radius 1 is 1.24 bits per heavy atom. The highest BCUT2D eigenvalue weighted by atomic mass is 32.2. The number of benzene rings is 2. The summed E-state index contributed by atoms with van der Waals surface area (Å²) in [7, 11) is -3.85. The quantitative estimate of drug-likeness (QED) is 0.489. The van der Waals surface area contributed by atoms with Crippen molar-refractivity contribution >= 4 is 21.7 Å². The predicted molar refractivity (Wildman–Crippen MR) is 105 cm³/mol. The fraction of sp³-hybridized carbons (Fsp3) is 0.300. The van der Waals surface area contributed by atoms with E-state index in [0.717, 1.165) is 11.8 Å². The molecule has 0 spiro atoms. The smallest absolute Gasteiger partial charge is 0.264 e. The third-order valence-corrected chi connectivity index (χ3v) is 7.48. The van der Waals surface area contributed by atoms with Crippen LogP contribution < -0.4 is 10.8 Å². The molecule has 1 aliphatic heterocycles. The number of hydrogen-bond donors (Lipinski definition) is 3. The number of halogens is 1. The number of rotatable bonds is 6. The molecular formula is C20H21FN2O5S. The van der Waals surface area contributed by atoms with Crippen molar-refractivity contribution in [3.05, 3.63) is 58.9 Å². The molecule has 0 aromatic heterocycles. The van der Waals surface area contributed by atoms with E-state index in [1.54, 1.807) is 18.2 Å². The number of carbonyl (C=O) groups is 2. The number of hydrogen-bond acceptors (Lipinski definition) is 5. The normalized spacial score (nSPS) is 15.4. The number of aryl methyl sites for hydroxylation is 1. The van der Waals surface area contributed by atoms with Crippen molar-refractivity contribution in [3.63, 3.8) is 0 Å². The van der Waals surface area contributed by atoms with Crippen LogP contribution in [0.25, 0.3) is 11.1 Å². The first-order chi connectivity index (χ1) is 13.6. The Balaban J connectivity index is 1.84. The Labute approximate surface area is 167 Å². The molecule has 2 amide bonds.